The normalized spacial score (nSPS) is 29.5. The molecule has 0 N–H and O–H groups in total. The molecule has 0 aliphatic heterocycles. The van der Waals surface area contributed by atoms with Crippen LogP contribution in [0.3, 0.4) is 0 Å². The minimum atomic E-state index is -3.38. The van der Waals surface area contributed by atoms with Crippen molar-refractivity contribution in [1.82, 2.24) is 0 Å². The molecule has 2 unspecified atom stereocenters. The first-order valence-electron chi connectivity index (χ1n) is 7.25. The third-order valence-electron chi connectivity index (χ3n) is 3.19. The molecule has 1 aromatic rings. The second-order valence-corrected chi connectivity index (χ2v) is 7.13. The quantitative estimate of drug-likeness (QED) is 0.803. The van der Waals surface area contributed by atoms with Crippen LogP contribution in [0.15, 0.2) is 23.1 Å². The molecule has 0 saturated heterocycles. The summed E-state index contributed by atoms with van der Waals surface area (Å²) in [6.45, 7) is 0. The fourth-order valence-electron chi connectivity index (χ4n) is 2.13. The highest BCUT2D eigenvalue weighted by atomic mass is 35.5. The maximum Gasteiger partial charge on any atom is 0.175 e. The summed E-state index contributed by atoms with van der Waals surface area (Å²) >= 11 is 6.04. The standard InChI is InChI=1S/C14H17ClO3S/c1-19(17,18)11-7-8-12(13(15)9-11)14(16)10-5-3-2-4-6-10/h7-10H,2-6H2,1H3/i5D,6D. The lowest BCUT2D eigenvalue weighted by Gasteiger charge is -2.20. The molecule has 2 rings (SSSR count). The van der Waals surface area contributed by atoms with Crippen LogP contribution in [0.5, 0.6) is 0 Å². The summed E-state index contributed by atoms with van der Waals surface area (Å²) in [4.78, 5) is 12.6. The molecule has 1 saturated carbocycles. The van der Waals surface area contributed by atoms with Crippen molar-refractivity contribution in [1.29, 1.82) is 0 Å². The van der Waals surface area contributed by atoms with Crippen LogP contribution in [0.4, 0.5) is 0 Å². The van der Waals surface area contributed by atoms with Crippen LogP contribution in [0.25, 0.3) is 0 Å². The number of hydrogen-bond donors (Lipinski definition) is 0. The molecule has 2 atom stereocenters. The van der Waals surface area contributed by atoms with Gasteiger partial charge in [0.1, 0.15) is 0 Å². The van der Waals surface area contributed by atoms with Crippen molar-refractivity contribution in [2.24, 2.45) is 5.92 Å². The summed E-state index contributed by atoms with van der Waals surface area (Å²) < 4.78 is 38.9. The first kappa shape index (κ1) is 11.9. The summed E-state index contributed by atoms with van der Waals surface area (Å²) in [6, 6.07) is 3.98. The summed E-state index contributed by atoms with van der Waals surface area (Å²) in [5, 5.41) is 0.0629. The van der Waals surface area contributed by atoms with E-state index in [2.05, 4.69) is 0 Å². The van der Waals surface area contributed by atoms with E-state index in [0.29, 0.717) is 12.8 Å². The number of Topliss-reactive ketones (excluding diaryl/α,β-unsaturated/α-hetero) is 1. The monoisotopic (exact) mass is 302 g/mol. The van der Waals surface area contributed by atoms with E-state index in [1.807, 2.05) is 0 Å². The van der Waals surface area contributed by atoms with Gasteiger partial charge in [-0.15, -0.1) is 0 Å². The molecule has 3 nitrogen and oxygen atoms in total. The molecule has 1 fully saturated rings. The van der Waals surface area contributed by atoms with Gasteiger partial charge in [-0.3, -0.25) is 4.79 Å². The van der Waals surface area contributed by atoms with E-state index in [9.17, 15) is 13.2 Å². The lowest BCUT2D eigenvalue weighted by molar-refractivity contribution is 0.0889. The largest absolute Gasteiger partial charge is 0.294 e. The number of halogens is 1. The molecule has 0 bridgehead atoms. The van der Waals surface area contributed by atoms with Gasteiger partial charge in [-0.2, -0.15) is 0 Å². The first-order chi connectivity index (χ1) is 9.71. The Morgan fingerprint density at radius 3 is 2.47 bits per heavy atom. The van der Waals surface area contributed by atoms with Gasteiger partial charge >= 0.3 is 0 Å². The predicted octanol–water partition coefficient (Wildman–Crippen LogP) is 3.51. The summed E-state index contributed by atoms with van der Waals surface area (Å²) in [5.41, 5.74) is 0.200. The topological polar surface area (TPSA) is 51.2 Å². The Balaban J connectivity index is 2.35. The Labute approximate surface area is 121 Å². The zero-order valence-corrected chi connectivity index (χ0v) is 12.2. The summed E-state index contributed by atoms with van der Waals surface area (Å²) in [5.74, 6) is -1.03. The zero-order chi connectivity index (χ0) is 15.8. The van der Waals surface area contributed by atoms with Gasteiger partial charge in [-0.25, -0.2) is 8.42 Å². The SMILES string of the molecule is [2H]C1CCCC([2H])C1C(=O)c1ccc(S(C)(=O)=O)cc1Cl. The van der Waals surface area contributed by atoms with Crippen LogP contribution in [-0.2, 0) is 9.84 Å². The van der Waals surface area contributed by atoms with Gasteiger partial charge < -0.3 is 0 Å². The van der Waals surface area contributed by atoms with E-state index < -0.39 is 28.5 Å². The van der Waals surface area contributed by atoms with Crippen molar-refractivity contribution < 1.29 is 16.0 Å². The van der Waals surface area contributed by atoms with Crippen molar-refractivity contribution >= 4 is 27.2 Å². The van der Waals surface area contributed by atoms with Crippen LogP contribution >= 0.6 is 11.6 Å². The second kappa shape index (κ2) is 5.63. The molecule has 0 aromatic heterocycles. The number of benzene rings is 1. The average Bonchev–Trinajstić information content (AvgIpc) is 2.37. The number of rotatable bonds is 3. The molecule has 0 heterocycles. The van der Waals surface area contributed by atoms with Crippen molar-refractivity contribution in [2.75, 3.05) is 6.26 Å². The molecule has 0 amide bonds. The Morgan fingerprint density at radius 2 is 1.95 bits per heavy atom. The van der Waals surface area contributed by atoms with E-state index in [1.165, 1.54) is 18.2 Å². The summed E-state index contributed by atoms with van der Waals surface area (Å²) in [6.07, 6.45) is 1.86. The minimum absolute atomic E-state index is 0.0533. The fourth-order valence-corrected chi connectivity index (χ4v) is 3.11. The van der Waals surface area contributed by atoms with Gasteiger partial charge in [0.05, 0.1) is 9.92 Å². The molecule has 5 heteroatoms. The third-order valence-corrected chi connectivity index (χ3v) is 4.61. The lowest BCUT2D eigenvalue weighted by Crippen LogP contribution is -2.18. The first-order valence-corrected chi connectivity index (χ1v) is 8.37. The van der Waals surface area contributed by atoms with E-state index in [1.54, 1.807) is 0 Å². The molecule has 1 aliphatic carbocycles. The van der Waals surface area contributed by atoms with Crippen LogP contribution in [-0.4, -0.2) is 20.5 Å². The van der Waals surface area contributed by atoms with Crippen molar-refractivity contribution in [3.63, 3.8) is 0 Å². The Hall–Kier alpha value is -0.870. The van der Waals surface area contributed by atoms with Crippen molar-refractivity contribution in [3.8, 4) is 0 Å². The van der Waals surface area contributed by atoms with E-state index in [-0.39, 0.29) is 21.3 Å². The number of ketones is 1. The summed E-state index contributed by atoms with van der Waals surface area (Å²) in [7, 11) is -3.38. The maximum atomic E-state index is 12.5. The third kappa shape index (κ3) is 3.37. The molecule has 19 heavy (non-hydrogen) atoms. The van der Waals surface area contributed by atoms with Crippen LogP contribution in [0.1, 0.15) is 45.2 Å². The highest BCUT2D eigenvalue weighted by molar-refractivity contribution is 7.90. The molecular weight excluding hydrogens is 284 g/mol. The highest BCUT2D eigenvalue weighted by Gasteiger charge is 2.24. The van der Waals surface area contributed by atoms with E-state index >= 15 is 0 Å². The second-order valence-electron chi connectivity index (χ2n) is 4.71. The van der Waals surface area contributed by atoms with Crippen LogP contribution < -0.4 is 0 Å². The van der Waals surface area contributed by atoms with Crippen LogP contribution in [0, 0.1) is 5.92 Å². The highest BCUT2D eigenvalue weighted by Crippen LogP contribution is 2.30. The van der Waals surface area contributed by atoms with Crippen molar-refractivity contribution in [2.45, 2.75) is 37.0 Å². The van der Waals surface area contributed by atoms with Gasteiger partial charge in [0.15, 0.2) is 15.6 Å². The number of hydrogen-bond acceptors (Lipinski definition) is 3. The zero-order valence-electron chi connectivity index (χ0n) is 12.6. The molecule has 1 aromatic carbocycles. The maximum absolute atomic E-state index is 12.5. The number of sulfone groups is 1. The molecule has 104 valence electrons. The molecule has 1 aliphatic rings. The molecule has 0 spiro atoms. The van der Waals surface area contributed by atoms with E-state index in [4.69, 9.17) is 14.3 Å². The van der Waals surface area contributed by atoms with Gasteiger partial charge in [-0.05, 0) is 31.0 Å². The average molecular weight is 303 g/mol. The smallest absolute Gasteiger partial charge is 0.175 e. The number of carbonyl (C=O) groups excluding carboxylic acids is 1. The Bertz CT molecular complexity index is 650. The van der Waals surface area contributed by atoms with Gasteiger partial charge in [-0.1, -0.05) is 30.9 Å². The van der Waals surface area contributed by atoms with Crippen molar-refractivity contribution in [3.05, 3.63) is 28.8 Å². The lowest BCUT2D eigenvalue weighted by atomic mass is 9.84. The van der Waals surface area contributed by atoms with Gasteiger partial charge in [0, 0.05) is 20.5 Å². The van der Waals surface area contributed by atoms with Gasteiger partial charge in [0.25, 0.3) is 0 Å². The van der Waals surface area contributed by atoms with E-state index in [0.717, 1.165) is 12.7 Å². The molecular formula is C14H17ClO3S. The van der Waals surface area contributed by atoms with Crippen LogP contribution in [0.2, 0.25) is 5.02 Å². The Morgan fingerprint density at radius 1 is 1.32 bits per heavy atom. The predicted molar refractivity (Wildman–Crippen MR) is 75.5 cm³/mol. The minimum Gasteiger partial charge on any atom is -0.294 e. The fraction of sp³-hybridized carbons (Fsp3) is 0.500. The molecule has 0 radical (unpaired) electrons. The Kier molecular flexibility index (Phi) is 3.53. The van der Waals surface area contributed by atoms with Gasteiger partial charge in [0.2, 0.25) is 0 Å². The number of carbonyl (C=O) groups is 1.